The molecule has 0 fully saturated rings. The number of hydrogen-bond donors (Lipinski definition) is 1. The number of halogens is 3. The van der Waals surface area contributed by atoms with Crippen molar-refractivity contribution < 1.29 is 26.1 Å². The van der Waals surface area contributed by atoms with E-state index in [1.165, 1.54) is 45.1 Å². The molecule has 0 atom stereocenters. The second kappa shape index (κ2) is 9.94. The average molecular weight is 346 g/mol. The van der Waals surface area contributed by atoms with Crippen molar-refractivity contribution in [2.45, 2.75) is 51.0 Å². The summed E-state index contributed by atoms with van der Waals surface area (Å²) in [5.74, 6) is 0. The molecule has 0 aromatic rings. The number of rotatable bonds is 7. The van der Waals surface area contributed by atoms with Crippen LogP contribution >= 0.6 is 0 Å². The van der Waals surface area contributed by atoms with Gasteiger partial charge in [-0.25, -0.2) is 0 Å². The van der Waals surface area contributed by atoms with Gasteiger partial charge in [0.05, 0.1) is 6.67 Å². The first kappa shape index (κ1) is 21.0. The zero-order chi connectivity index (χ0) is 17.2. The maximum atomic E-state index is 10.7. The molecule has 0 bridgehead atoms. The normalized spacial score (nSPS) is 15.0. The third-order valence-electron chi connectivity index (χ3n) is 3.03. The van der Waals surface area contributed by atoms with Gasteiger partial charge in [0.1, 0.15) is 0 Å². The van der Waals surface area contributed by atoms with Crippen LogP contribution in [0.15, 0.2) is 12.4 Å². The maximum absolute atomic E-state index is 10.7. The van der Waals surface area contributed by atoms with Crippen molar-refractivity contribution >= 4 is 10.1 Å². The van der Waals surface area contributed by atoms with Gasteiger partial charge >= 0.3 is 15.6 Å². The largest absolute Gasteiger partial charge is 0.522 e. The fraction of sp³-hybridized carbons (Fsp3) is 0.846. The van der Waals surface area contributed by atoms with Crippen LogP contribution in [0.25, 0.3) is 0 Å². The zero-order valence-corrected chi connectivity index (χ0v) is 13.8. The van der Waals surface area contributed by atoms with E-state index in [1.54, 1.807) is 0 Å². The molecule has 1 rings (SSSR count). The Bertz CT molecular complexity index is 425. The minimum atomic E-state index is -5.84. The lowest BCUT2D eigenvalue weighted by Gasteiger charge is -2.17. The number of alkyl halides is 3. The topological polar surface area (TPSA) is 60.9 Å². The van der Waals surface area contributed by atoms with Crippen LogP contribution in [-0.4, -0.2) is 48.5 Å². The van der Waals surface area contributed by atoms with Crippen LogP contribution in [0.3, 0.4) is 0 Å². The van der Waals surface area contributed by atoms with Crippen LogP contribution in [0.2, 0.25) is 0 Å². The Kier molecular flexibility index (Phi) is 9.50. The summed E-state index contributed by atoms with van der Waals surface area (Å²) in [5, 5.41) is 0. The minimum Gasteiger partial charge on any atom is -0.362 e. The van der Waals surface area contributed by atoms with Crippen LogP contribution in [0.1, 0.15) is 45.4 Å². The molecule has 1 heterocycles. The molecule has 0 amide bonds. The number of hydrogen-bond acceptors (Lipinski definition) is 4. The Morgan fingerprint density at radius 3 is 2.00 bits per heavy atom. The van der Waals surface area contributed by atoms with E-state index in [0.717, 1.165) is 6.67 Å². The Morgan fingerprint density at radius 2 is 1.59 bits per heavy atom. The molecule has 9 heteroatoms. The van der Waals surface area contributed by atoms with Crippen LogP contribution in [0.5, 0.6) is 0 Å². The van der Waals surface area contributed by atoms with Crippen molar-refractivity contribution in [1.82, 2.24) is 9.80 Å². The van der Waals surface area contributed by atoms with Gasteiger partial charge in [0, 0.05) is 26.0 Å². The summed E-state index contributed by atoms with van der Waals surface area (Å²) in [4.78, 5) is 4.61. The Hall–Kier alpha value is -0.960. The van der Waals surface area contributed by atoms with Gasteiger partial charge < -0.3 is 9.80 Å². The Labute approximate surface area is 130 Å². The number of nitrogens with zero attached hydrogens (tertiary/aromatic N) is 2. The highest BCUT2D eigenvalue weighted by molar-refractivity contribution is 7.86. The second-order valence-corrected chi connectivity index (χ2v) is 6.61. The monoisotopic (exact) mass is 346 g/mol. The highest BCUT2D eigenvalue weighted by Gasteiger charge is 2.44. The number of unbranched alkanes of at least 4 members (excludes halogenated alkanes) is 5. The molecule has 132 valence electrons. The van der Waals surface area contributed by atoms with E-state index in [4.69, 9.17) is 13.0 Å². The van der Waals surface area contributed by atoms with Gasteiger partial charge in [-0.05, 0) is 6.42 Å². The molecule has 0 spiro atoms. The van der Waals surface area contributed by atoms with E-state index < -0.39 is 15.6 Å². The van der Waals surface area contributed by atoms with Crippen LogP contribution in [-0.2, 0) is 10.1 Å². The molecule has 1 aliphatic heterocycles. The van der Waals surface area contributed by atoms with Crippen LogP contribution in [0.4, 0.5) is 13.2 Å². The molecule has 0 radical (unpaired) electrons. The first-order chi connectivity index (χ1) is 10.1. The summed E-state index contributed by atoms with van der Waals surface area (Å²) in [6.07, 6.45) is 12.7. The molecular formula is C13H25F3N2O3S. The molecular weight excluding hydrogens is 321 g/mol. The molecule has 0 unspecified atom stereocenters. The van der Waals surface area contributed by atoms with Crippen molar-refractivity contribution in [3.05, 3.63) is 12.4 Å². The van der Waals surface area contributed by atoms with Crippen molar-refractivity contribution in [3.63, 3.8) is 0 Å². The molecule has 1 N–H and O–H groups in total. The van der Waals surface area contributed by atoms with Gasteiger partial charge in [0.2, 0.25) is 0 Å². The summed E-state index contributed by atoms with van der Waals surface area (Å²) in [5.41, 5.74) is -5.53. The second-order valence-electron chi connectivity index (χ2n) is 5.20. The van der Waals surface area contributed by atoms with Gasteiger partial charge in [0.25, 0.3) is 0 Å². The van der Waals surface area contributed by atoms with Crippen molar-refractivity contribution in [1.29, 1.82) is 0 Å². The third kappa shape index (κ3) is 9.88. The highest BCUT2D eigenvalue weighted by atomic mass is 32.2. The predicted octanol–water partition coefficient (Wildman–Crippen LogP) is 3.42. The van der Waals surface area contributed by atoms with Crippen molar-refractivity contribution in [3.8, 4) is 0 Å². The van der Waals surface area contributed by atoms with E-state index in [2.05, 4.69) is 36.2 Å². The summed E-state index contributed by atoms with van der Waals surface area (Å²) < 4.78 is 57.5. The van der Waals surface area contributed by atoms with Gasteiger partial charge in [0.15, 0.2) is 0 Å². The maximum Gasteiger partial charge on any atom is 0.522 e. The summed E-state index contributed by atoms with van der Waals surface area (Å²) in [6.45, 7) is 4.58. The third-order valence-corrected chi connectivity index (χ3v) is 3.61. The van der Waals surface area contributed by atoms with Crippen molar-refractivity contribution in [2.24, 2.45) is 0 Å². The van der Waals surface area contributed by atoms with E-state index in [9.17, 15) is 13.2 Å². The molecule has 0 saturated heterocycles. The Balaban J connectivity index is 0.000000472. The van der Waals surface area contributed by atoms with E-state index in [1.807, 2.05) is 0 Å². The Morgan fingerprint density at radius 1 is 1.09 bits per heavy atom. The lowest BCUT2D eigenvalue weighted by molar-refractivity contribution is -0.0510. The van der Waals surface area contributed by atoms with E-state index in [-0.39, 0.29) is 0 Å². The van der Waals surface area contributed by atoms with Gasteiger partial charge in [-0.3, -0.25) is 4.55 Å². The summed E-state index contributed by atoms with van der Waals surface area (Å²) >= 11 is 0. The summed E-state index contributed by atoms with van der Waals surface area (Å²) in [7, 11) is -3.72. The van der Waals surface area contributed by atoms with E-state index >= 15 is 0 Å². The quantitative estimate of drug-likeness (QED) is 0.435. The van der Waals surface area contributed by atoms with Gasteiger partial charge in [-0.1, -0.05) is 39.0 Å². The van der Waals surface area contributed by atoms with E-state index in [0.29, 0.717) is 0 Å². The molecule has 0 aromatic heterocycles. The lowest BCUT2D eigenvalue weighted by atomic mass is 10.1. The molecule has 5 nitrogen and oxygen atoms in total. The average Bonchev–Trinajstić information content (AvgIpc) is 2.78. The van der Waals surface area contributed by atoms with Gasteiger partial charge in [-0.2, -0.15) is 21.6 Å². The molecule has 0 saturated carbocycles. The van der Waals surface area contributed by atoms with Gasteiger partial charge in [-0.15, -0.1) is 0 Å². The molecule has 1 aliphatic rings. The van der Waals surface area contributed by atoms with Crippen LogP contribution < -0.4 is 0 Å². The zero-order valence-electron chi connectivity index (χ0n) is 13.0. The fourth-order valence-electron chi connectivity index (χ4n) is 1.83. The molecule has 22 heavy (non-hydrogen) atoms. The lowest BCUT2D eigenvalue weighted by Crippen LogP contribution is -2.23. The standard InChI is InChI=1S/C12H24N2.CHF3O3S/c1-3-4-5-6-7-8-9-14-11-10-13(2)12-14;2-1(3,4)8(5,6)7/h10-11H,3-9,12H2,1-2H3;(H,5,6,7). The van der Waals surface area contributed by atoms with Crippen LogP contribution in [0, 0.1) is 0 Å². The first-order valence-electron chi connectivity index (χ1n) is 7.24. The molecule has 0 aromatic carbocycles. The summed E-state index contributed by atoms with van der Waals surface area (Å²) in [6, 6.07) is 0. The predicted molar refractivity (Wildman–Crippen MR) is 79.5 cm³/mol. The highest BCUT2D eigenvalue weighted by Crippen LogP contribution is 2.20. The molecule has 0 aliphatic carbocycles. The first-order valence-corrected chi connectivity index (χ1v) is 8.68. The SMILES string of the molecule is CCCCCCCCN1C=CN(C)C1.O=S(=O)(O)C(F)(F)F. The van der Waals surface area contributed by atoms with Crippen molar-refractivity contribution in [2.75, 3.05) is 20.3 Å². The fourth-order valence-corrected chi connectivity index (χ4v) is 1.83. The minimum absolute atomic E-state index is 1.08. The smallest absolute Gasteiger partial charge is 0.362 e.